The molecule has 1 aliphatic heterocycles. The Morgan fingerprint density at radius 2 is 2.00 bits per heavy atom. The summed E-state index contributed by atoms with van der Waals surface area (Å²) in [4.78, 5) is 35.5. The molecule has 0 spiro atoms. The molecule has 1 N–H and O–H groups in total. The van der Waals surface area contributed by atoms with Crippen molar-refractivity contribution >= 4 is 44.9 Å². The van der Waals surface area contributed by atoms with Crippen LogP contribution >= 0.6 is 23.1 Å². The molecule has 0 radical (unpaired) electrons. The minimum absolute atomic E-state index is 0.0603. The molecule has 4 aromatic rings. The molecule has 1 amide bonds. The van der Waals surface area contributed by atoms with Gasteiger partial charge in [-0.1, -0.05) is 42.1 Å². The third kappa shape index (κ3) is 4.46. The van der Waals surface area contributed by atoms with Gasteiger partial charge in [-0.2, -0.15) is 0 Å². The molecule has 0 atom stereocenters. The first kappa shape index (κ1) is 21.9. The number of para-hydroxylation sites is 1. The quantitative estimate of drug-likeness (QED) is 0.340. The summed E-state index contributed by atoms with van der Waals surface area (Å²) in [6.07, 6.45) is 0.850. The van der Waals surface area contributed by atoms with Crippen LogP contribution in [-0.4, -0.2) is 39.7 Å². The Labute approximate surface area is 200 Å². The van der Waals surface area contributed by atoms with E-state index in [4.69, 9.17) is 4.98 Å². The summed E-state index contributed by atoms with van der Waals surface area (Å²) in [6, 6.07) is 17.2. The summed E-state index contributed by atoms with van der Waals surface area (Å²) in [5, 5.41) is 4.19. The van der Waals surface area contributed by atoms with E-state index in [1.807, 2.05) is 61.5 Å². The standard InChI is InChI=1S/C25H24N4O2S2/c1-16-7-6-8-17(13-16)26-21(30)15-32-25-27-23-22(19-11-12-28(2)14-20(19)33-23)24(31)29(25)18-9-4-3-5-10-18/h3-10,13H,11-12,14-15H2,1-2H3,(H,26,30). The van der Waals surface area contributed by atoms with E-state index in [-0.39, 0.29) is 17.2 Å². The lowest BCUT2D eigenvalue weighted by atomic mass is 10.1. The lowest BCUT2D eigenvalue weighted by molar-refractivity contribution is -0.113. The number of nitrogens with zero attached hydrogens (tertiary/aromatic N) is 3. The van der Waals surface area contributed by atoms with Gasteiger partial charge in [0.05, 0.1) is 16.8 Å². The minimum atomic E-state index is -0.133. The Morgan fingerprint density at radius 3 is 2.79 bits per heavy atom. The van der Waals surface area contributed by atoms with Crippen LogP contribution in [0.2, 0.25) is 0 Å². The number of nitrogens with one attached hydrogen (secondary N) is 1. The van der Waals surface area contributed by atoms with Gasteiger partial charge in [0.25, 0.3) is 5.56 Å². The summed E-state index contributed by atoms with van der Waals surface area (Å²) < 4.78 is 1.65. The van der Waals surface area contributed by atoms with Gasteiger partial charge in [0.2, 0.25) is 5.91 Å². The molecule has 2 aromatic carbocycles. The molecule has 1 aliphatic rings. The van der Waals surface area contributed by atoms with Crippen LogP contribution < -0.4 is 10.9 Å². The van der Waals surface area contributed by atoms with Crippen molar-refractivity contribution in [3.63, 3.8) is 0 Å². The molecule has 0 saturated heterocycles. The van der Waals surface area contributed by atoms with E-state index in [0.29, 0.717) is 5.16 Å². The fraction of sp³-hybridized carbons (Fsp3) is 0.240. The lowest BCUT2D eigenvalue weighted by Crippen LogP contribution is -2.27. The molecular weight excluding hydrogens is 452 g/mol. The number of aromatic nitrogens is 2. The second kappa shape index (κ2) is 9.13. The number of amides is 1. The van der Waals surface area contributed by atoms with Crippen molar-refractivity contribution < 1.29 is 4.79 Å². The van der Waals surface area contributed by atoms with Gasteiger partial charge in [-0.25, -0.2) is 4.98 Å². The zero-order chi connectivity index (χ0) is 22.9. The largest absolute Gasteiger partial charge is 0.325 e. The highest BCUT2D eigenvalue weighted by Crippen LogP contribution is 2.34. The lowest BCUT2D eigenvalue weighted by Gasteiger charge is -2.21. The molecule has 33 heavy (non-hydrogen) atoms. The smallest absolute Gasteiger partial charge is 0.267 e. The first-order chi connectivity index (χ1) is 16.0. The number of anilines is 1. The fourth-order valence-corrected chi connectivity index (χ4v) is 6.26. The molecule has 0 bridgehead atoms. The number of benzene rings is 2. The molecule has 6 nitrogen and oxygen atoms in total. The van der Waals surface area contributed by atoms with E-state index in [0.717, 1.165) is 52.2 Å². The van der Waals surface area contributed by atoms with Crippen LogP contribution in [0.5, 0.6) is 0 Å². The molecular formula is C25H24N4O2S2. The maximum absolute atomic E-state index is 13.7. The molecule has 5 rings (SSSR count). The van der Waals surface area contributed by atoms with Crippen LogP contribution in [0.1, 0.15) is 16.0 Å². The Bertz CT molecular complexity index is 1400. The Hall–Kier alpha value is -2.94. The van der Waals surface area contributed by atoms with Crippen LogP contribution in [0.15, 0.2) is 64.5 Å². The van der Waals surface area contributed by atoms with E-state index in [9.17, 15) is 9.59 Å². The average Bonchev–Trinajstić information content (AvgIpc) is 3.16. The summed E-state index contributed by atoms with van der Waals surface area (Å²) >= 11 is 2.88. The number of carbonyl (C=O) groups excluding carboxylic acids is 1. The van der Waals surface area contributed by atoms with Gasteiger partial charge in [0, 0.05) is 23.7 Å². The van der Waals surface area contributed by atoms with Crippen molar-refractivity contribution in [3.05, 3.63) is 81.0 Å². The SMILES string of the molecule is Cc1cccc(NC(=O)CSc2nc3sc4c(c3c(=O)n2-c2ccccc2)CCN(C)C4)c1. The molecule has 0 unspecified atom stereocenters. The van der Waals surface area contributed by atoms with Crippen LogP contribution in [-0.2, 0) is 17.8 Å². The molecule has 0 fully saturated rings. The van der Waals surface area contributed by atoms with Crippen LogP contribution in [0.25, 0.3) is 15.9 Å². The number of hydrogen-bond acceptors (Lipinski definition) is 6. The number of hydrogen-bond donors (Lipinski definition) is 1. The van der Waals surface area contributed by atoms with E-state index in [1.165, 1.54) is 16.6 Å². The third-order valence-corrected chi connectivity index (χ3v) is 7.73. The van der Waals surface area contributed by atoms with Crippen molar-refractivity contribution in [1.29, 1.82) is 0 Å². The fourth-order valence-electron chi connectivity index (χ4n) is 4.10. The van der Waals surface area contributed by atoms with E-state index in [1.54, 1.807) is 15.9 Å². The third-order valence-electron chi connectivity index (χ3n) is 5.68. The zero-order valence-corrected chi connectivity index (χ0v) is 20.1. The van der Waals surface area contributed by atoms with Gasteiger partial charge < -0.3 is 10.2 Å². The van der Waals surface area contributed by atoms with Gasteiger partial charge in [-0.3, -0.25) is 14.2 Å². The molecule has 3 heterocycles. The van der Waals surface area contributed by atoms with E-state index >= 15 is 0 Å². The second-order valence-electron chi connectivity index (χ2n) is 8.25. The molecule has 0 saturated carbocycles. The number of rotatable bonds is 5. The van der Waals surface area contributed by atoms with E-state index in [2.05, 4.69) is 17.3 Å². The first-order valence-electron chi connectivity index (χ1n) is 10.8. The predicted octanol–water partition coefficient (Wildman–Crippen LogP) is 4.47. The van der Waals surface area contributed by atoms with Crippen molar-refractivity contribution in [2.24, 2.45) is 0 Å². The first-order valence-corrected chi connectivity index (χ1v) is 12.6. The topological polar surface area (TPSA) is 67.2 Å². The maximum Gasteiger partial charge on any atom is 0.267 e. The highest BCUT2D eigenvalue weighted by atomic mass is 32.2. The van der Waals surface area contributed by atoms with Gasteiger partial charge >= 0.3 is 0 Å². The summed E-state index contributed by atoms with van der Waals surface area (Å²) in [7, 11) is 2.09. The Morgan fingerprint density at radius 1 is 1.18 bits per heavy atom. The summed E-state index contributed by atoms with van der Waals surface area (Å²) in [6.45, 7) is 3.75. The summed E-state index contributed by atoms with van der Waals surface area (Å²) in [5.74, 6) is 0.0265. The molecule has 2 aromatic heterocycles. The second-order valence-corrected chi connectivity index (χ2v) is 10.3. The number of thioether (sulfide) groups is 1. The number of carbonyl (C=O) groups is 1. The van der Waals surface area contributed by atoms with Crippen molar-refractivity contribution in [1.82, 2.24) is 14.5 Å². The highest BCUT2D eigenvalue weighted by molar-refractivity contribution is 7.99. The predicted molar refractivity (Wildman–Crippen MR) is 136 cm³/mol. The van der Waals surface area contributed by atoms with Gasteiger partial charge in [0.15, 0.2) is 5.16 Å². The minimum Gasteiger partial charge on any atom is -0.325 e. The van der Waals surface area contributed by atoms with Crippen LogP contribution in [0.3, 0.4) is 0 Å². The van der Waals surface area contributed by atoms with Crippen molar-refractivity contribution in [2.75, 3.05) is 24.7 Å². The van der Waals surface area contributed by atoms with Gasteiger partial charge in [-0.05, 0) is 55.8 Å². The molecule has 168 valence electrons. The number of fused-ring (bicyclic) bond motifs is 3. The maximum atomic E-state index is 13.7. The average molecular weight is 477 g/mol. The molecule has 8 heteroatoms. The van der Waals surface area contributed by atoms with Crippen LogP contribution in [0, 0.1) is 6.92 Å². The highest BCUT2D eigenvalue weighted by Gasteiger charge is 2.24. The monoisotopic (exact) mass is 476 g/mol. The Kier molecular flexibility index (Phi) is 6.05. The number of likely N-dealkylation sites (N-methyl/N-ethyl adjacent to an activating group) is 1. The zero-order valence-electron chi connectivity index (χ0n) is 18.5. The number of aryl methyl sites for hydroxylation is 1. The van der Waals surface area contributed by atoms with Crippen LogP contribution in [0.4, 0.5) is 5.69 Å². The van der Waals surface area contributed by atoms with Gasteiger partial charge in [0.1, 0.15) is 4.83 Å². The van der Waals surface area contributed by atoms with Gasteiger partial charge in [-0.15, -0.1) is 11.3 Å². The van der Waals surface area contributed by atoms with Crippen molar-refractivity contribution in [3.8, 4) is 5.69 Å². The van der Waals surface area contributed by atoms with E-state index < -0.39 is 0 Å². The number of thiophene rings is 1. The molecule has 0 aliphatic carbocycles. The van der Waals surface area contributed by atoms with Crippen molar-refractivity contribution in [2.45, 2.75) is 25.0 Å². The Balaban J connectivity index is 1.52. The summed E-state index contributed by atoms with van der Waals surface area (Å²) in [5.41, 5.74) is 3.67. The normalized spacial score (nSPS) is 13.8.